The first kappa shape index (κ1) is 15.1. The Morgan fingerprint density at radius 2 is 1.71 bits per heavy atom. The molecule has 0 radical (unpaired) electrons. The number of hydrogen-bond donors (Lipinski definition) is 1. The summed E-state index contributed by atoms with van der Waals surface area (Å²) in [6.45, 7) is 5.51. The molecule has 1 aliphatic carbocycles. The minimum absolute atomic E-state index is 0.167. The van der Waals surface area contributed by atoms with E-state index in [0.717, 1.165) is 58.7 Å². The fraction of sp³-hybridized carbons (Fsp3) is 0.938. The van der Waals surface area contributed by atoms with Gasteiger partial charge in [0, 0.05) is 38.3 Å². The Morgan fingerprint density at radius 1 is 0.952 bits per heavy atom. The van der Waals surface area contributed by atoms with Crippen LogP contribution in [0.1, 0.15) is 44.9 Å². The summed E-state index contributed by atoms with van der Waals surface area (Å²) in [6.07, 6.45) is 8.52. The number of amides is 2. The smallest absolute Gasteiger partial charge is 0.317 e. The molecule has 3 rings (SSSR count). The molecule has 1 N–H and O–H groups in total. The van der Waals surface area contributed by atoms with E-state index in [0.29, 0.717) is 12.1 Å². The van der Waals surface area contributed by atoms with Gasteiger partial charge in [0.1, 0.15) is 0 Å². The van der Waals surface area contributed by atoms with Crippen LogP contribution in [0.25, 0.3) is 0 Å². The molecule has 5 heteroatoms. The third-order valence-electron chi connectivity index (χ3n) is 5.18. The topological polar surface area (TPSA) is 44.8 Å². The molecule has 3 fully saturated rings. The van der Waals surface area contributed by atoms with Gasteiger partial charge in [0.05, 0.1) is 13.2 Å². The summed E-state index contributed by atoms with van der Waals surface area (Å²) >= 11 is 0. The molecule has 0 bridgehead atoms. The second kappa shape index (κ2) is 7.45. The monoisotopic (exact) mass is 295 g/mol. The normalized spacial score (nSPS) is 29.3. The van der Waals surface area contributed by atoms with Crippen molar-refractivity contribution in [1.82, 2.24) is 15.1 Å². The second-order valence-corrected chi connectivity index (χ2v) is 6.67. The highest BCUT2D eigenvalue weighted by molar-refractivity contribution is 5.74. The Bertz CT molecular complexity index is 338. The molecule has 2 amide bonds. The number of rotatable bonds is 2. The van der Waals surface area contributed by atoms with Crippen LogP contribution in [-0.4, -0.2) is 67.3 Å². The van der Waals surface area contributed by atoms with E-state index < -0.39 is 0 Å². The van der Waals surface area contributed by atoms with Crippen molar-refractivity contribution in [2.45, 2.75) is 57.0 Å². The summed E-state index contributed by atoms with van der Waals surface area (Å²) in [5.41, 5.74) is 0. The number of nitrogens with zero attached hydrogens (tertiary/aromatic N) is 2. The molecular formula is C16H29N3O2. The van der Waals surface area contributed by atoms with Crippen LogP contribution in [0.15, 0.2) is 0 Å². The van der Waals surface area contributed by atoms with Gasteiger partial charge < -0.3 is 15.0 Å². The number of carbonyl (C=O) groups excluding carboxylic acids is 1. The number of nitrogens with one attached hydrogen (secondary N) is 1. The molecule has 0 aromatic carbocycles. The van der Waals surface area contributed by atoms with Crippen LogP contribution in [0.3, 0.4) is 0 Å². The molecule has 0 aromatic rings. The fourth-order valence-electron chi connectivity index (χ4n) is 3.89. The SMILES string of the molecule is O=C(NC1CCCCC1)N1CCCC(N2CCOCC2)C1. The summed E-state index contributed by atoms with van der Waals surface area (Å²) in [6, 6.07) is 1.11. The molecule has 0 aromatic heterocycles. The number of carbonyl (C=O) groups is 1. The summed E-state index contributed by atoms with van der Waals surface area (Å²) in [7, 11) is 0. The molecular weight excluding hydrogens is 266 g/mol. The van der Waals surface area contributed by atoms with E-state index in [1.54, 1.807) is 0 Å². The van der Waals surface area contributed by atoms with Crippen molar-refractivity contribution in [3.63, 3.8) is 0 Å². The Morgan fingerprint density at radius 3 is 2.48 bits per heavy atom. The molecule has 3 aliphatic rings. The zero-order chi connectivity index (χ0) is 14.5. The maximum Gasteiger partial charge on any atom is 0.317 e. The number of morpholine rings is 1. The highest BCUT2D eigenvalue weighted by Crippen LogP contribution is 2.20. The van der Waals surface area contributed by atoms with E-state index in [2.05, 4.69) is 10.2 Å². The lowest BCUT2D eigenvalue weighted by molar-refractivity contribution is 0.00174. The molecule has 120 valence electrons. The fourth-order valence-corrected chi connectivity index (χ4v) is 3.89. The van der Waals surface area contributed by atoms with Gasteiger partial charge in [-0.05, 0) is 25.7 Å². The summed E-state index contributed by atoms with van der Waals surface area (Å²) in [5, 5.41) is 3.26. The lowest BCUT2D eigenvalue weighted by Crippen LogP contribution is -2.55. The number of likely N-dealkylation sites (tertiary alicyclic amines) is 1. The van der Waals surface area contributed by atoms with Gasteiger partial charge in [0.25, 0.3) is 0 Å². The minimum Gasteiger partial charge on any atom is -0.379 e. The number of ether oxygens (including phenoxy) is 1. The van der Waals surface area contributed by atoms with E-state index in [1.807, 2.05) is 4.90 Å². The Labute approximate surface area is 128 Å². The molecule has 2 heterocycles. The van der Waals surface area contributed by atoms with Crippen molar-refractivity contribution in [2.75, 3.05) is 39.4 Å². The summed E-state index contributed by atoms with van der Waals surface area (Å²) in [5.74, 6) is 0. The molecule has 0 spiro atoms. The van der Waals surface area contributed by atoms with Gasteiger partial charge >= 0.3 is 6.03 Å². The summed E-state index contributed by atoms with van der Waals surface area (Å²) in [4.78, 5) is 17.0. The molecule has 1 unspecified atom stereocenters. The first-order valence-electron chi connectivity index (χ1n) is 8.70. The zero-order valence-corrected chi connectivity index (χ0v) is 13.1. The van der Waals surface area contributed by atoms with Gasteiger partial charge in [0.15, 0.2) is 0 Å². The van der Waals surface area contributed by atoms with Gasteiger partial charge in [-0.25, -0.2) is 4.79 Å². The number of hydrogen-bond acceptors (Lipinski definition) is 3. The first-order valence-corrected chi connectivity index (χ1v) is 8.70. The first-order chi connectivity index (χ1) is 10.3. The largest absolute Gasteiger partial charge is 0.379 e. The summed E-state index contributed by atoms with van der Waals surface area (Å²) < 4.78 is 5.43. The van der Waals surface area contributed by atoms with Crippen LogP contribution in [0.5, 0.6) is 0 Å². The lowest BCUT2D eigenvalue weighted by Gasteiger charge is -2.41. The van der Waals surface area contributed by atoms with Crippen molar-refractivity contribution in [2.24, 2.45) is 0 Å². The van der Waals surface area contributed by atoms with E-state index in [4.69, 9.17) is 4.74 Å². The molecule has 21 heavy (non-hydrogen) atoms. The van der Waals surface area contributed by atoms with Crippen LogP contribution in [0.2, 0.25) is 0 Å². The third-order valence-corrected chi connectivity index (χ3v) is 5.18. The van der Waals surface area contributed by atoms with E-state index in [-0.39, 0.29) is 6.03 Å². The van der Waals surface area contributed by atoms with Crippen LogP contribution in [0, 0.1) is 0 Å². The van der Waals surface area contributed by atoms with Crippen LogP contribution in [-0.2, 0) is 4.74 Å². The molecule has 1 atom stereocenters. The Balaban J connectivity index is 1.48. The van der Waals surface area contributed by atoms with Gasteiger partial charge in [-0.15, -0.1) is 0 Å². The zero-order valence-electron chi connectivity index (χ0n) is 13.1. The lowest BCUT2D eigenvalue weighted by atomic mass is 9.95. The molecule has 1 saturated carbocycles. The van der Waals surface area contributed by atoms with E-state index in [1.165, 1.54) is 25.7 Å². The van der Waals surface area contributed by atoms with Crippen LogP contribution in [0.4, 0.5) is 4.79 Å². The van der Waals surface area contributed by atoms with Gasteiger partial charge in [-0.1, -0.05) is 19.3 Å². The van der Waals surface area contributed by atoms with Crippen LogP contribution >= 0.6 is 0 Å². The Kier molecular flexibility index (Phi) is 5.36. The van der Waals surface area contributed by atoms with Crippen molar-refractivity contribution in [3.8, 4) is 0 Å². The quantitative estimate of drug-likeness (QED) is 0.845. The van der Waals surface area contributed by atoms with Crippen LogP contribution < -0.4 is 5.32 Å². The third kappa shape index (κ3) is 4.10. The molecule has 5 nitrogen and oxygen atoms in total. The van der Waals surface area contributed by atoms with E-state index >= 15 is 0 Å². The van der Waals surface area contributed by atoms with Gasteiger partial charge in [-0.2, -0.15) is 0 Å². The Hall–Kier alpha value is -0.810. The predicted molar refractivity (Wildman–Crippen MR) is 82.4 cm³/mol. The standard InChI is InChI=1S/C16H29N3O2/c20-16(17-14-5-2-1-3-6-14)19-8-4-7-15(13-19)18-9-11-21-12-10-18/h14-15H,1-13H2,(H,17,20). The highest BCUT2D eigenvalue weighted by Gasteiger charge is 2.29. The second-order valence-electron chi connectivity index (χ2n) is 6.67. The maximum atomic E-state index is 12.5. The van der Waals surface area contributed by atoms with Gasteiger partial charge in [-0.3, -0.25) is 4.90 Å². The molecule has 2 saturated heterocycles. The van der Waals surface area contributed by atoms with Crippen molar-refractivity contribution < 1.29 is 9.53 Å². The van der Waals surface area contributed by atoms with Crippen molar-refractivity contribution in [1.29, 1.82) is 0 Å². The number of urea groups is 1. The highest BCUT2D eigenvalue weighted by atomic mass is 16.5. The average molecular weight is 295 g/mol. The van der Waals surface area contributed by atoms with Gasteiger partial charge in [0.2, 0.25) is 0 Å². The maximum absolute atomic E-state index is 12.5. The van der Waals surface area contributed by atoms with E-state index in [9.17, 15) is 4.79 Å². The predicted octanol–water partition coefficient (Wildman–Crippen LogP) is 1.83. The minimum atomic E-state index is 0.167. The average Bonchev–Trinajstić information content (AvgIpc) is 2.57. The van der Waals surface area contributed by atoms with Crippen molar-refractivity contribution >= 4 is 6.03 Å². The molecule has 2 aliphatic heterocycles. The number of piperidine rings is 1. The van der Waals surface area contributed by atoms with Crippen molar-refractivity contribution in [3.05, 3.63) is 0 Å².